The Balaban J connectivity index is 1.50. The van der Waals surface area contributed by atoms with E-state index in [-0.39, 0.29) is 10.8 Å². The molecule has 3 rings (SSSR count). The largest absolute Gasteiger partial charge is 0.368 e. The lowest BCUT2D eigenvalue weighted by Gasteiger charge is -2.37. The molecule has 7 nitrogen and oxygen atoms in total. The number of hydrogen-bond acceptors (Lipinski definition) is 5. The normalized spacial score (nSPS) is 22.5. The Hall–Kier alpha value is -1.64. The van der Waals surface area contributed by atoms with Gasteiger partial charge in [0.2, 0.25) is 15.9 Å². The number of carbonyl (C=O) groups is 1. The average molecular weight is 395 g/mol. The van der Waals surface area contributed by atoms with Crippen molar-refractivity contribution in [3.05, 3.63) is 24.3 Å². The number of nitrogens with two attached hydrogens (primary N) is 1. The number of primary sulfonamides is 1. The van der Waals surface area contributed by atoms with E-state index in [4.69, 9.17) is 5.14 Å². The van der Waals surface area contributed by atoms with E-state index in [1.54, 1.807) is 12.1 Å². The van der Waals surface area contributed by atoms with Crippen LogP contribution in [-0.2, 0) is 14.8 Å². The fraction of sp³-hybridized carbons (Fsp3) is 0.632. The maximum atomic E-state index is 12.7. The predicted molar refractivity (Wildman–Crippen MR) is 106 cm³/mol. The number of nitrogens with one attached hydrogen (secondary N) is 1. The third-order valence-electron chi connectivity index (χ3n) is 5.80. The molecule has 2 saturated heterocycles. The van der Waals surface area contributed by atoms with E-state index in [1.807, 2.05) is 4.90 Å². The minimum Gasteiger partial charge on any atom is -0.368 e. The molecule has 0 aliphatic carbocycles. The molecule has 0 saturated carbocycles. The Morgan fingerprint density at radius 2 is 1.89 bits per heavy atom. The summed E-state index contributed by atoms with van der Waals surface area (Å²) in [6.07, 6.45) is 3.03. The van der Waals surface area contributed by atoms with E-state index >= 15 is 0 Å². The summed E-state index contributed by atoms with van der Waals surface area (Å²) in [6.45, 7) is 7.21. The van der Waals surface area contributed by atoms with Crippen LogP contribution >= 0.6 is 0 Å². The van der Waals surface area contributed by atoms with Crippen LogP contribution < -0.4 is 15.4 Å². The molecular formula is C19H30N4O3S. The Morgan fingerprint density at radius 1 is 1.22 bits per heavy atom. The fourth-order valence-electron chi connectivity index (χ4n) is 4.00. The minimum atomic E-state index is -3.67. The number of rotatable bonds is 5. The van der Waals surface area contributed by atoms with Crippen molar-refractivity contribution < 1.29 is 13.2 Å². The summed E-state index contributed by atoms with van der Waals surface area (Å²) in [5.41, 5.74) is 0.955. The molecule has 8 heteroatoms. The first-order valence-corrected chi connectivity index (χ1v) is 11.3. The third kappa shape index (κ3) is 5.21. The highest BCUT2D eigenvalue weighted by molar-refractivity contribution is 7.89. The van der Waals surface area contributed by atoms with E-state index in [2.05, 4.69) is 17.1 Å². The lowest BCUT2D eigenvalue weighted by molar-refractivity contribution is -0.132. The molecule has 150 valence electrons. The van der Waals surface area contributed by atoms with E-state index in [9.17, 15) is 13.2 Å². The number of hydrogen-bond donors (Lipinski definition) is 2. The Morgan fingerprint density at radius 3 is 2.44 bits per heavy atom. The van der Waals surface area contributed by atoms with Gasteiger partial charge in [-0.1, -0.05) is 6.92 Å². The van der Waals surface area contributed by atoms with Gasteiger partial charge >= 0.3 is 0 Å². The summed E-state index contributed by atoms with van der Waals surface area (Å²) in [7, 11) is -3.67. The lowest BCUT2D eigenvalue weighted by atomic mass is 9.85. The van der Waals surface area contributed by atoms with Crippen molar-refractivity contribution in [2.75, 3.05) is 44.2 Å². The standard InChI is InChI=1S/C19H30N4O3S/c1-15(16-3-2-8-21-14-16)13-19(24)23-11-9-22(10-12-23)17-4-6-18(7-5-17)27(20,25)26/h4-7,15-16,21H,2-3,8-14H2,1H3,(H2,20,25,26). The van der Waals surface area contributed by atoms with E-state index in [0.29, 0.717) is 31.3 Å². The Kier molecular flexibility index (Phi) is 6.39. The van der Waals surface area contributed by atoms with Crippen LogP contribution in [0, 0.1) is 11.8 Å². The molecule has 2 unspecified atom stereocenters. The predicted octanol–water partition coefficient (Wildman–Crippen LogP) is 1.01. The summed E-state index contributed by atoms with van der Waals surface area (Å²) in [5.74, 6) is 1.26. The van der Waals surface area contributed by atoms with Crippen LogP contribution in [0.25, 0.3) is 0 Å². The zero-order valence-corrected chi connectivity index (χ0v) is 16.7. The summed E-state index contributed by atoms with van der Waals surface area (Å²) >= 11 is 0. The number of piperazine rings is 1. The number of anilines is 1. The summed E-state index contributed by atoms with van der Waals surface area (Å²) < 4.78 is 22.7. The van der Waals surface area contributed by atoms with Crippen LogP contribution in [0.2, 0.25) is 0 Å². The molecule has 2 atom stereocenters. The van der Waals surface area contributed by atoms with Gasteiger partial charge in [-0.15, -0.1) is 0 Å². The molecule has 2 fully saturated rings. The average Bonchev–Trinajstić information content (AvgIpc) is 2.68. The van der Waals surface area contributed by atoms with Gasteiger partial charge in [0.05, 0.1) is 4.90 Å². The number of amides is 1. The molecule has 1 amide bonds. The quantitative estimate of drug-likeness (QED) is 0.777. The molecule has 1 aromatic carbocycles. The van der Waals surface area contributed by atoms with Gasteiger partial charge in [-0.05, 0) is 62.0 Å². The van der Waals surface area contributed by atoms with Crippen LogP contribution in [0.5, 0.6) is 0 Å². The number of benzene rings is 1. The van der Waals surface area contributed by atoms with Crippen LogP contribution in [0.15, 0.2) is 29.2 Å². The molecular weight excluding hydrogens is 364 g/mol. The second-order valence-electron chi connectivity index (χ2n) is 7.69. The first-order valence-electron chi connectivity index (χ1n) is 9.71. The molecule has 0 aromatic heterocycles. The maximum absolute atomic E-state index is 12.7. The van der Waals surface area contributed by atoms with Gasteiger partial charge in [0, 0.05) is 38.3 Å². The first kappa shape index (κ1) is 20.1. The number of sulfonamides is 1. The molecule has 0 radical (unpaired) electrons. The smallest absolute Gasteiger partial charge is 0.238 e. The highest BCUT2D eigenvalue weighted by atomic mass is 32.2. The summed E-state index contributed by atoms with van der Waals surface area (Å²) in [4.78, 5) is 16.9. The highest BCUT2D eigenvalue weighted by Crippen LogP contribution is 2.24. The molecule has 1 aromatic rings. The van der Waals surface area contributed by atoms with Gasteiger partial charge in [-0.3, -0.25) is 4.79 Å². The van der Waals surface area contributed by atoms with Crippen molar-refractivity contribution in [3.63, 3.8) is 0 Å². The number of carbonyl (C=O) groups excluding carboxylic acids is 1. The van der Waals surface area contributed by atoms with Crippen LogP contribution in [0.1, 0.15) is 26.2 Å². The monoisotopic (exact) mass is 394 g/mol. The lowest BCUT2D eigenvalue weighted by Crippen LogP contribution is -2.49. The van der Waals surface area contributed by atoms with Gasteiger partial charge < -0.3 is 15.1 Å². The van der Waals surface area contributed by atoms with Crippen molar-refractivity contribution >= 4 is 21.6 Å². The third-order valence-corrected chi connectivity index (χ3v) is 6.73. The molecule has 2 aliphatic rings. The van der Waals surface area contributed by atoms with Crippen LogP contribution in [-0.4, -0.2) is 58.5 Å². The molecule has 2 heterocycles. The first-order chi connectivity index (χ1) is 12.8. The SMILES string of the molecule is CC(CC(=O)N1CCN(c2ccc(S(N)(=O)=O)cc2)CC1)C1CCCNC1. The van der Waals surface area contributed by atoms with Gasteiger partial charge in [0.15, 0.2) is 0 Å². The van der Waals surface area contributed by atoms with Gasteiger partial charge in [0.25, 0.3) is 0 Å². The van der Waals surface area contributed by atoms with Crippen molar-refractivity contribution in [2.24, 2.45) is 17.0 Å². The fourth-order valence-corrected chi connectivity index (χ4v) is 4.51. The van der Waals surface area contributed by atoms with Crippen molar-refractivity contribution in [3.8, 4) is 0 Å². The second kappa shape index (κ2) is 8.58. The van der Waals surface area contributed by atoms with E-state index < -0.39 is 10.0 Å². The maximum Gasteiger partial charge on any atom is 0.238 e. The van der Waals surface area contributed by atoms with Gasteiger partial charge in [-0.2, -0.15) is 0 Å². The minimum absolute atomic E-state index is 0.117. The van der Waals surface area contributed by atoms with Crippen LogP contribution in [0.3, 0.4) is 0 Å². The molecule has 27 heavy (non-hydrogen) atoms. The molecule has 3 N–H and O–H groups in total. The topological polar surface area (TPSA) is 95.7 Å². The van der Waals surface area contributed by atoms with Crippen LogP contribution in [0.4, 0.5) is 5.69 Å². The van der Waals surface area contributed by atoms with Gasteiger partial charge in [0.1, 0.15) is 0 Å². The molecule has 0 spiro atoms. The molecule has 2 aliphatic heterocycles. The summed E-state index contributed by atoms with van der Waals surface area (Å²) in [5, 5.41) is 8.57. The van der Waals surface area contributed by atoms with E-state index in [0.717, 1.165) is 31.9 Å². The zero-order chi connectivity index (χ0) is 19.4. The number of piperidine rings is 1. The highest BCUT2D eigenvalue weighted by Gasteiger charge is 2.26. The Bertz CT molecular complexity index is 737. The summed E-state index contributed by atoms with van der Waals surface area (Å²) in [6, 6.07) is 6.61. The number of nitrogens with zero attached hydrogens (tertiary/aromatic N) is 2. The zero-order valence-electron chi connectivity index (χ0n) is 15.9. The Labute approximate surface area is 161 Å². The van der Waals surface area contributed by atoms with Gasteiger partial charge in [-0.25, -0.2) is 13.6 Å². The van der Waals surface area contributed by atoms with Crippen molar-refractivity contribution in [2.45, 2.75) is 31.1 Å². The van der Waals surface area contributed by atoms with Crippen molar-refractivity contribution in [1.29, 1.82) is 0 Å². The molecule has 0 bridgehead atoms. The van der Waals surface area contributed by atoms with Crippen molar-refractivity contribution in [1.82, 2.24) is 10.2 Å². The second-order valence-corrected chi connectivity index (χ2v) is 9.26. The van der Waals surface area contributed by atoms with E-state index in [1.165, 1.54) is 25.0 Å².